The number of carbonyl (C=O) groups excluding carboxylic acids is 1. The number of amides is 1. The number of benzene rings is 2. The lowest BCUT2D eigenvalue weighted by atomic mass is 10.2. The number of anilines is 1. The van der Waals surface area contributed by atoms with E-state index in [2.05, 4.69) is 10.5 Å². The number of rotatable bonds is 6. The minimum Gasteiger partial charge on any atom is -0.271 e. The standard InChI is InChI=1S/C18H21N3O3S/c1-14-9-11-16(12-10-14)13-19-20-18(22)15(2)21(25(3,23)24)17-7-5-4-6-8-17/h4-13,15H,1-3H3,(H,20,22)/b19-13-/t15-/m1/s1. The van der Waals surface area contributed by atoms with Gasteiger partial charge in [0.05, 0.1) is 18.2 Å². The van der Waals surface area contributed by atoms with Crippen molar-refractivity contribution in [2.45, 2.75) is 19.9 Å². The Morgan fingerprint density at radius 3 is 2.28 bits per heavy atom. The Hall–Kier alpha value is -2.67. The van der Waals surface area contributed by atoms with Gasteiger partial charge in [0.2, 0.25) is 10.0 Å². The molecule has 0 bridgehead atoms. The zero-order valence-electron chi connectivity index (χ0n) is 14.4. The molecule has 0 aliphatic heterocycles. The summed E-state index contributed by atoms with van der Waals surface area (Å²) in [5.41, 5.74) is 4.78. The fourth-order valence-electron chi connectivity index (χ4n) is 2.30. The number of hydrogen-bond donors (Lipinski definition) is 1. The minimum atomic E-state index is -3.62. The Kier molecular flexibility index (Phi) is 5.93. The van der Waals surface area contributed by atoms with E-state index < -0.39 is 22.0 Å². The van der Waals surface area contributed by atoms with Crippen molar-refractivity contribution in [3.05, 3.63) is 65.7 Å². The van der Waals surface area contributed by atoms with Crippen LogP contribution in [0.4, 0.5) is 5.69 Å². The molecule has 2 aromatic rings. The first-order valence-electron chi connectivity index (χ1n) is 7.73. The van der Waals surface area contributed by atoms with E-state index >= 15 is 0 Å². The molecule has 1 N–H and O–H groups in total. The van der Waals surface area contributed by atoms with Crippen LogP contribution in [-0.2, 0) is 14.8 Å². The van der Waals surface area contributed by atoms with Crippen LogP contribution in [0.25, 0.3) is 0 Å². The lowest BCUT2D eigenvalue weighted by Crippen LogP contribution is -2.46. The van der Waals surface area contributed by atoms with E-state index in [9.17, 15) is 13.2 Å². The molecule has 132 valence electrons. The first-order valence-corrected chi connectivity index (χ1v) is 9.58. The number of aryl methyl sites for hydroxylation is 1. The van der Waals surface area contributed by atoms with Crippen LogP contribution in [0.2, 0.25) is 0 Å². The predicted octanol–water partition coefficient (Wildman–Crippen LogP) is 2.30. The lowest BCUT2D eigenvalue weighted by Gasteiger charge is -2.27. The quantitative estimate of drug-likeness (QED) is 0.635. The zero-order chi connectivity index (χ0) is 18.4. The van der Waals surface area contributed by atoms with Gasteiger partial charge in [-0.25, -0.2) is 13.8 Å². The van der Waals surface area contributed by atoms with Gasteiger partial charge in [-0.15, -0.1) is 0 Å². The van der Waals surface area contributed by atoms with Gasteiger partial charge in [0, 0.05) is 0 Å². The van der Waals surface area contributed by atoms with E-state index in [0.29, 0.717) is 5.69 Å². The van der Waals surface area contributed by atoms with E-state index in [4.69, 9.17) is 0 Å². The molecule has 0 saturated carbocycles. The van der Waals surface area contributed by atoms with Crippen LogP contribution in [0.1, 0.15) is 18.1 Å². The average Bonchev–Trinajstić information content (AvgIpc) is 2.56. The molecule has 2 rings (SSSR count). The predicted molar refractivity (Wildman–Crippen MR) is 100 cm³/mol. The molecule has 25 heavy (non-hydrogen) atoms. The third-order valence-electron chi connectivity index (χ3n) is 3.56. The topological polar surface area (TPSA) is 78.8 Å². The van der Waals surface area contributed by atoms with Crippen molar-refractivity contribution in [2.24, 2.45) is 5.10 Å². The van der Waals surface area contributed by atoms with E-state index in [1.54, 1.807) is 30.3 Å². The molecule has 0 aliphatic rings. The van der Waals surface area contributed by atoms with Crippen molar-refractivity contribution < 1.29 is 13.2 Å². The van der Waals surface area contributed by atoms with Crippen molar-refractivity contribution in [3.8, 4) is 0 Å². The van der Waals surface area contributed by atoms with E-state index in [1.165, 1.54) is 13.1 Å². The highest BCUT2D eigenvalue weighted by Crippen LogP contribution is 2.20. The Morgan fingerprint density at radius 1 is 1.12 bits per heavy atom. The van der Waals surface area contributed by atoms with Gasteiger partial charge < -0.3 is 0 Å². The number of para-hydroxylation sites is 1. The van der Waals surface area contributed by atoms with Crippen LogP contribution in [0.5, 0.6) is 0 Å². The second-order valence-electron chi connectivity index (χ2n) is 5.72. The second-order valence-corrected chi connectivity index (χ2v) is 7.57. The molecule has 1 amide bonds. The largest absolute Gasteiger partial charge is 0.271 e. The van der Waals surface area contributed by atoms with Crippen molar-refractivity contribution >= 4 is 27.8 Å². The molecule has 0 aliphatic carbocycles. The van der Waals surface area contributed by atoms with Crippen LogP contribution in [-0.4, -0.2) is 32.8 Å². The molecule has 0 radical (unpaired) electrons. The lowest BCUT2D eigenvalue weighted by molar-refractivity contribution is -0.121. The number of hydrazone groups is 1. The molecule has 0 saturated heterocycles. The Balaban J connectivity index is 2.12. The maximum absolute atomic E-state index is 12.3. The highest BCUT2D eigenvalue weighted by atomic mass is 32.2. The summed E-state index contributed by atoms with van der Waals surface area (Å²) in [6, 6.07) is 15.2. The molecular weight excluding hydrogens is 338 g/mol. The van der Waals surface area contributed by atoms with Crippen molar-refractivity contribution in [1.29, 1.82) is 0 Å². The summed E-state index contributed by atoms with van der Waals surface area (Å²) in [4.78, 5) is 12.3. The molecule has 0 unspecified atom stereocenters. The normalized spacial score (nSPS) is 12.8. The van der Waals surface area contributed by atoms with Crippen LogP contribution in [0.15, 0.2) is 59.7 Å². The smallest absolute Gasteiger partial charge is 0.263 e. The summed E-state index contributed by atoms with van der Waals surface area (Å²) in [6.45, 7) is 3.50. The van der Waals surface area contributed by atoms with Crippen LogP contribution >= 0.6 is 0 Å². The number of carbonyl (C=O) groups is 1. The van der Waals surface area contributed by atoms with Crippen molar-refractivity contribution in [3.63, 3.8) is 0 Å². The maximum Gasteiger partial charge on any atom is 0.263 e. The minimum absolute atomic E-state index is 0.426. The molecule has 1 atom stereocenters. The second kappa shape index (κ2) is 7.94. The van der Waals surface area contributed by atoms with Gasteiger partial charge in [-0.2, -0.15) is 5.10 Å². The summed E-state index contributed by atoms with van der Waals surface area (Å²) in [7, 11) is -3.62. The zero-order valence-corrected chi connectivity index (χ0v) is 15.2. The Labute approximate surface area is 148 Å². The molecule has 7 heteroatoms. The van der Waals surface area contributed by atoms with Crippen LogP contribution < -0.4 is 9.73 Å². The van der Waals surface area contributed by atoms with Crippen LogP contribution in [0, 0.1) is 6.92 Å². The van der Waals surface area contributed by atoms with Gasteiger partial charge in [-0.1, -0.05) is 48.0 Å². The van der Waals surface area contributed by atoms with Gasteiger partial charge in [-0.3, -0.25) is 9.10 Å². The van der Waals surface area contributed by atoms with E-state index in [0.717, 1.165) is 21.7 Å². The van der Waals surface area contributed by atoms with Gasteiger partial charge in [-0.05, 0) is 31.5 Å². The van der Waals surface area contributed by atoms with Gasteiger partial charge >= 0.3 is 0 Å². The highest BCUT2D eigenvalue weighted by Gasteiger charge is 2.28. The first kappa shape index (κ1) is 18.7. The summed E-state index contributed by atoms with van der Waals surface area (Å²) >= 11 is 0. The van der Waals surface area contributed by atoms with Gasteiger partial charge in [0.25, 0.3) is 5.91 Å². The molecule has 0 heterocycles. The number of nitrogens with one attached hydrogen (secondary N) is 1. The molecule has 2 aromatic carbocycles. The van der Waals surface area contributed by atoms with Crippen molar-refractivity contribution in [2.75, 3.05) is 10.6 Å². The summed E-state index contributed by atoms with van der Waals surface area (Å²) in [5.74, 6) is -0.516. The molecule has 0 fully saturated rings. The molecule has 0 spiro atoms. The SMILES string of the molecule is Cc1ccc(/C=N\NC(=O)[C@@H](C)N(c2ccccc2)S(C)(=O)=O)cc1. The van der Waals surface area contributed by atoms with Gasteiger partial charge in [0.1, 0.15) is 6.04 Å². The third kappa shape index (κ3) is 5.15. The number of sulfonamides is 1. The fraction of sp³-hybridized carbons (Fsp3) is 0.222. The maximum atomic E-state index is 12.3. The Bertz CT molecular complexity index is 847. The molecule has 6 nitrogen and oxygen atoms in total. The molecular formula is C18H21N3O3S. The van der Waals surface area contributed by atoms with E-state index in [-0.39, 0.29) is 0 Å². The summed E-state index contributed by atoms with van der Waals surface area (Å²) in [5, 5.41) is 3.90. The summed E-state index contributed by atoms with van der Waals surface area (Å²) in [6.07, 6.45) is 2.58. The molecule has 0 aromatic heterocycles. The number of nitrogens with zero attached hydrogens (tertiary/aromatic N) is 2. The fourth-order valence-corrected chi connectivity index (χ4v) is 3.47. The third-order valence-corrected chi connectivity index (χ3v) is 4.81. The first-order chi connectivity index (χ1) is 11.8. The monoisotopic (exact) mass is 359 g/mol. The highest BCUT2D eigenvalue weighted by molar-refractivity contribution is 7.92. The average molecular weight is 359 g/mol. The van der Waals surface area contributed by atoms with Crippen LogP contribution in [0.3, 0.4) is 0 Å². The van der Waals surface area contributed by atoms with E-state index in [1.807, 2.05) is 31.2 Å². The van der Waals surface area contributed by atoms with Crippen molar-refractivity contribution in [1.82, 2.24) is 5.43 Å². The van der Waals surface area contributed by atoms with Gasteiger partial charge in [0.15, 0.2) is 0 Å². The summed E-state index contributed by atoms with van der Waals surface area (Å²) < 4.78 is 25.3. The Morgan fingerprint density at radius 2 is 1.72 bits per heavy atom. The number of hydrogen-bond acceptors (Lipinski definition) is 4.